The van der Waals surface area contributed by atoms with E-state index in [1.54, 1.807) is 31.3 Å². The molecule has 0 aliphatic rings. The number of aromatic nitrogens is 1. The Balaban J connectivity index is 0.00000112. The molecule has 0 radical (unpaired) electrons. The van der Waals surface area contributed by atoms with Crippen LogP contribution in [0.2, 0.25) is 0 Å². The van der Waals surface area contributed by atoms with Crippen molar-refractivity contribution < 1.29 is 5.11 Å². The van der Waals surface area contributed by atoms with E-state index in [0.29, 0.717) is 10.9 Å². The molecule has 2 rings (SSSR count). The average Bonchev–Trinajstić information content (AvgIpc) is 2.23. The molecule has 5 heteroatoms. The summed E-state index contributed by atoms with van der Waals surface area (Å²) >= 11 is 0. The van der Waals surface area contributed by atoms with Crippen LogP contribution in [0, 0.1) is 0 Å². The first kappa shape index (κ1) is 11.4. The number of pyridine rings is 1. The number of aryl methyl sites for hydroxylation is 1. The van der Waals surface area contributed by atoms with Crippen molar-refractivity contribution >= 4 is 29.0 Å². The van der Waals surface area contributed by atoms with Gasteiger partial charge in [0.25, 0.3) is 5.56 Å². The number of aromatic hydroxyl groups is 1. The molecule has 1 aromatic carbocycles. The van der Waals surface area contributed by atoms with E-state index in [9.17, 15) is 9.90 Å². The summed E-state index contributed by atoms with van der Waals surface area (Å²) in [6.45, 7) is 0. The zero-order valence-corrected chi connectivity index (χ0v) is 8.91. The van der Waals surface area contributed by atoms with Crippen molar-refractivity contribution in [2.24, 2.45) is 7.05 Å². The van der Waals surface area contributed by atoms with E-state index in [4.69, 9.17) is 5.73 Å². The van der Waals surface area contributed by atoms with Crippen molar-refractivity contribution in [3.05, 3.63) is 34.6 Å². The van der Waals surface area contributed by atoms with Gasteiger partial charge in [-0.3, -0.25) is 4.79 Å². The predicted octanol–water partition coefficient (Wildman–Crippen LogP) is 1.25. The fourth-order valence-electron chi connectivity index (χ4n) is 1.50. The summed E-state index contributed by atoms with van der Waals surface area (Å²) in [5.74, 6) is -0.135. The van der Waals surface area contributed by atoms with Gasteiger partial charge in [-0.05, 0) is 12.1 Å². The van der Waals surface area contributed by atoms with Crippen molar-refractivity contribution in [3.8, 4) is 5.75 Å². The van der Waals surface area contributed by atoms with Crippen molar-refractivity contribution in [3.63, 3.8) is 0 Å². The van der Waals surface area contributed by atoms with Crippen LogP contribution < -0.4 is 11.3 Å². The summed E-state index contributed by atoms with van der Waals surface area (Å²) in [4.78, 5) is 11.5. The van der Waals surface area contributed by atoms with E-state index in [1.807, 2.05) is 0 Å². The van der Waals surface area contributed by atoms with E-state index in [1.165, 1.54) is 4.57 Å². The van der Waals surface area contributed by atoms with Crippen LogP contribution in [0.4, 0.5) is 5.69 Å². The molecule has 0 bridgehead atoms. The van der Waals surface area contributed by atoms with Gasteiger partial charge in [0.05, 0.1) is 5.52 Å². The molecule has 3 N–H and O–H groups in total. The van der Waals surface area contributed by atoms with Gasteiger partial charge in [-0.15, -0.1) is 12.4 Å². The molecule has 80 valence electrons. The SMILES string of the molecule is Cl.Cn1c(=O)c(N)c(O)c2ccccc21. The molecule has 0 amide bonds. The number of hydrogen-bond acceptors (Lipinski definition) is 3. The van der Waals surface area contributed by atoms with Crippen molar-refractivity contribution in [2.75, 3.05) is 5.73 Å². The molecule has 0 fully saturated rings. The Morgan fingerprint density at radius 1 is 1.33 bits per heavy atom. The number of halogens is 1. The topological polar surface area (TPSA) is 68.2 Å². The maximum absolute atomic E-state index is 11.5. The number of rotatable bonds is 0. The molecule has 0 saturated heterocycles. The molecule has 15 heavy (non-hydrogen) atoms. The lowest BCUT2D eigenvalue weighted by atomic mass is 10.2. The predicted molar refractivity (Wildman–Crippen MR) is 62.5 cm³/mol. The molecular formula is C10H11ClN2O2. The molecule has 0 atom stereocenters. The van der Waals surface area contributed by atoms with Gasteiger partial charge in [0.15, 0.2) is 5.75 Å². The van der Waals surface area contributed by atoms with E-state index >= 15 is 0 Å². The van der Waals surface area contributed by atoms with Crippen LogP contribution >= 0.6 is 12.4 Å². The van der Waals surface area contributed by atoms with Gasteiger partial charge < -0.3 is 15.4 Å². The maximum Gasteiger partial charge on any atom is 0.277 e. The van der Waals surface area contributed by atoms with Crippen LogP contribution in [0.5, 0.6) is 5.75 Å². The average molecular weight is 227 g/mol. The smallest absolute Gasteiger partial charge is 0.277 e. The lowest BCUT2D eigenvalue weighted by Gasteiger charge is -2.08. The number of para-hydroxylation sites is 1. The molecule has 0 spiro atoms. The number of nitrogens with zero attached hydrogens (tertiary/aromatic N) is 1. The molecule has 0 unspecified atom stereocenters. The number of fused-ring (bicyclic) bond motifs is 1. The van der Waals surface area contributed by atoms with Crippen molar-refractivity contribution in [1.29, 1.82) is 0 Å². The third-order valence-corrected chi connectivity index (χ3v) is 2.31. The first-order valence-corrected chi connectivity index (χ1v) is 4.19. The second kappa shape index (κ2) is 3.82. The van der Waals surface area contributed by atoms with Gasteiger partial charge in [0.2, 0.25) is 0 Å². The summed E-state index contributed by atoms with van der Waals surface area (Å²) in [6, 6.07) is 7.07. The van der Waals surface area contributed by atoms with Gasteiger partial charge in [0, 0.05) is 12.4 Å². The van der Waals surface area contributed by atoms with Crippen molar-refractivity contribution in [2.45, 2.75) is 0 Å². The second-order valence-corrected chi connectivity index (χ2v) is 3.14. The molecule has 2 aromatic rings. The molecule has 0 saturated carbocycles. The van der Waals surface area contributed by atoms with E-state index in [0.717, 1.165) is 0 Å². The number of hydrogen-bond donors (Lipinski definition) is 2. The van der Waals surface area contributed by atoms with Gasteiger partial charge in [-0.25, -0.2) is 0 Å². The molecular weight excluding hydrogens is 216 g/mol. The second-order valence-electron chi connectivity index (χ2n) is 3.14. The highest BCUT2D eigenvalue weighted by molar-refractivity contribution is 5.89. The van der Waals surface area contributed by atoms with Crippen LogP contribution in [-0.2, 0) is 7.05 Å². The van der Waals surface area contributed by atoms with Crippen LogP contribution in [-0.4, -0.2) is 9.67 Å². The standard InChI is InChI=1S/C10H10N2O2.ClH/c1-12-7-5-3-2-4-6(7)9(13)8(11)10(12)14;/h2-5,13H,11H2,1H3;1H. The third kappa shape index (κ3) is 1.53. The Labute approximate surface area is 92.4 Å². The van der Waals surface area contributed by atoms with Gasteiger partial charge in [0.1, 0.15) is 5.69 Å². The zero-order valence-electron chi connectivity index (χ0n) is 8.10. The first-order valence-electron chi connectivity index (χ1n) is 4.19. The normalized spacial score (nSPS) is 9.93. The number of nitrogens with two attached hydrogens (primary N) is 1. The van der Waals surface area contributed by atoms with Gasteiger partial charge in [-0.1, -0.05) is 12.1 Å². The molecule has 4 nitrogen and oxygen atoms in total. The Hall–Kier alpha value is -1.68. The number of benzene rings is 1. The summed E-state index contributed by atoms with van der Waals surface area (Å²) in [6.07, 6.45) is 0. The summed E-state index contributed by atoms with van der Waals surface area (Å²) in [5.41, 5.74) is 5.66. The minimum Gasteiger partial charge on any atom is -0.505 e. The molecule has 1 aromatic heterocycles. The zero-order chi connectivity index (χ0) is 10.3. The third-order valence-electron chi connectivity index (χ3n) is 2.31. The van der Waals surface area contributed by atoms with Crippen molar-refractivity contribution in [1.82, 2.24) is 4.57 Å². The largest absolute Gasteiger partial charge is 0.505 e. The Bertz CT molecular complexity index is 563. The number of nitrogen functional groups attached to an aromatic ring is 1. The molecule has 1 heterocycles. The monoisotopic (exact) mass is 226 g/mol. The van der Waals surface area contributed by atoms with Crippen LogP contribution in [0.15, 0.2) is 29.1 Å². The lowest BCUT2D eigenvalue weighted by molar-refractivity contribution is 0.482. The van der Waals surface area contributed by atoms with Crippen LogP contribution in [0.1, 0.15) is 0 Å². The van der Waals surface area contributed by atoms with E-state index < -0.39 is 0 Å². The maximum atomic E-state index is 11.5. The van der Waals surface area contributed by atoms with E-state index in [2.05, 4.69) is 0 Å². The highest BCUT2D eigenvalue weighted by atomic mass is 35.5. The fourth-order valence-corrected chi connectivity index (χ4v) is 1.50. The summed E-state index contributed by atoms with van der Waals surface area (Å²) in [5, 5.41) is 10.2. The molecule has 0 aliphatic heterocycles. The summed E-state index contributed by atoms with van der Waals surface area (Å²) in [7, 11) is 1.63. The van der Waals surface area contributed by atoms with Crippen LogP contribution in [0.3, 0.4) is 0 Å². The Kier molecular flexibility index (Phi) is 2.90. The molecule has 0 aliphatic carbocycles. The fraction of sp³-hybridized carbons (Fsp3) is 0.100. The van der Waals surface area contributed by atoms with Gasteiger partial charge >= 0.3 is 0 Å². The minimum atomic E-state index is -0.374. The number of anilines is 1. The Morgan fingerprint density at radius 3 is 2.60 bits per heavy atom. The van der Waals surface area contributed by atoms with Gasteiger partial charge in [-0.2, -0.15) is 0 Å². The first-order chi connectivity index (χ1) is 6.63. The quantitative estimate of drug-likeness (QED) is 0.710. The Morgan fingerprint density at radius 2 is 1.93 bits per heavy atom. The highest BCUT2D eigenvalue weighted by Crippen LogP contribution is 2.26. The van der Waals surface area contributed by atoms with E-state index in [-0.39, 0.29) is 29.4 Å². The van der Waals surface area contributed by atoms with Crippen LogP contribution in [0.25, 0.3) is 10.9 Å². The summed E-state index contributed by atoms with van der Waals surface area (Å²) < 4.78 is 1.42. The highest BCUT2D eigenvalue weighted by Gasteiger charge is 2.10. The minimum absolute atomic E-state index is 0. The lowest BCUT2D eigenvalue weighted by Crippen LogP contribution is -2.20.